The van der Waals surface area contributed by atoms with Crippen LogP contribution in [0.2, 0.25) is 0 Å². The van der Waals surface area contributed by atoms with Crippen molar-refractivity contribution in [2.75, 3.05) is 7.11 Å². The Balaban J connectivity index is 2.94. The Hall–Kier alpha value is -2.57. The zero-order chi connectivity index (χ0) is 12.7. The van der Waals surface area contributed by atoms with Gasteiger partial charge in [0, 0.05) is 11.3 Å². The smallest absolute Gasteiger partial charge is 0.295 e. The number of rotatable bonds is 2. The predicted molar refractivity (Wildman–Crippen MR) is 63.3 cm³/mol. The minimum atomic E-state index is -0.363. The van der Waals surface area contributed by atoms with Gasteiger partial charge in [-0.05, 0) is 6.08 Å². The number of carbonyl (C=O) groups excluding carboxylic acids is 1. The van der Waals surface area contributed by atoms with Crippen LogP contribution in [-0.4, -0.2) is 18.9 Å². The Morgan fingerprint density at radius 3 is 3.00 bits per heavy atom. The summed E-state index contributed by atoms with van der Waals surface area (Å²) in [5, 5.41) is 8.58. The lowest BCUT2D eigenvalue weighted by molar-refractivity contribution is 0.408. The highest BCUT2D eigenvalue weighted by Crippen LogP contribution is 2.21. The molecule has 2 N–H and O–H groups in total. The number of hydrogen-bond donors (Lipinski definition) is 1. The second kappa shape index (κ2) is 6.11. The van der Waals surface area contributed by atoms with E-state index in [1.165, 1.54) is 13.3 Å². The van der Waals surface area contributed by atoms with Crippen molar-refractivity contribution in [3.8, 4) is 6.07 Å². The van der Waals surface area contributed by atoms with Crippen molar-refractivity contribution in [3.05, 3.63) is 41.8 Å². The maximum Gasteiger partial charge on any atom is 0.295 e. The first-order chi connectivity index (χ1) is 8.22. The Labute approximate surface area is 98.9 Å². The average molecular weight is 229 g/mol. The largest absolute Gasteiger partial charge is 0.473 e. The van der Waals surface area contributed by atoms with Gasteiger partial charge in [0.1, 0.15) is 5.94 Å². The normalized spacial score (nSPS) is 19.8. The Kier molecular flexibility index (Phi) is 4.49. The number of ether oxygens (including phenoxy) is 1. The van der Waals surface area contributed by atoms with Crippen LogP contribution >= 0.6 is 0 Å². The maximum atomic E-state index is 10.7. The van der Waals surface area contributed by atoms with Gasteiger partial charge in [-0.25, -0.2) is 9.79 Å². The van der Waals surface area contributed by atoms with E-state index in [0.29, 0.717) is 11.3 Å². The molecule has 0 heterocycles. The average Bonchev–Trinajstić information content (AvgIpc) is 2.39. The molecule has 17 heavy (non-hydrogen) atoms. The molecule has 1 unspecified atom stereocenters. The van der Waals surface area contributed by atoms with Gasteiger partial charge in [-0.1, -0.05) is 18.2 Å². The van der Waals surface area contributed by atoms with Crippen LogP contribution in [0.15, 0.2) is 46.8 Å². The summed E-state index contributed by atoms with van der Waals surface area (Å²) in [6.07, 6.45) is 8.18. The number of allylic oxidation sites excluding steroid dienone is 4. The molecule has 0 spiro atoms. The zero-order valence-electron chi connectivity index (χ0n) is 9.25. The van der Waals surface area contributed by atoms with Crippen LogP contribution in [0.25, 0.3) is 0 Å². The summed E-state index contributed by atoms with van der Waals surface area (Å²) < 4.78 is 4.66. The Bertz CT molecular complexity index is 500. The fourth-order valence-corrected chi connectivity index (χ4v) is 1.27. The minimum absolute atomic E-state index is 0.0973. The molecule has 1 aliphatic rings. The van der Waals surface area contributed by atoms with Crippen LogP contribution in [0.5, 0.6) is 0 Å². The molecule has 0 aromatic heterocycles. The SMILES string of the molecule is COC(C#N)=NC=C(N)C1C=CC=CC1=C=O. The third-order valence-corrected chi connectivity index (χ3v) is 2.12. The first-order valence-electron chi connectivity index (χ1n) is 4.80. The second-order valence-corrected chi connectivity index (χ2v) is 3.16. The van der Waals surface area contributed by atoms with Gasteiger partial charge in [0.15, 0.2) is 6.07 Å². The number of aliphatic imine (C=N–C) groups is 1. The molecular weight excluding hydrogens is 218 g/mol. The molecule has 0 fully saturated rings. The van der Waals surface area contributed by atoms with Crippen LogP contribution in [-0.2, 0) is 9.53 Å². The molecule has 0 saturated heterocycles. The summed E-state index contributed by atoms with van der Waals surface area (Å²) in [6, 6.07) is 1.75. The molecule has 0 amide bonds. The Morgan fingerprint density at radius 2 is 2.41 bits per heavy atom. The first-order valence-corrected chi connectivity index (χ1v) is 4.80. The van der Waals surface area contributed by atoms with Crippen molar-refractivity contribution in [1.29, 1.82) is 5.26 Å². The molecular formula is C12H11N3O2. The van der Waals surface area contributed by atoms with E-state index in [4.69, 9.17) is 11.0 Å². The van der Waals surface area contributed by atoms with Crippen molar-refractivity contribution in [3.63, 3.8) is 0 Å². The highest BCUT2D eigenvalue weighted by Gasteiger charge is 2.15. The lowest BCUT2D eigenvalue weighted by Crippen LogP contribution is -2.13. The van der Waals surface area contributed by atoms with Crippen LogP contribution in [0.1, 0.15) is 0 Å². The van der Waals surface area contributed by atoms with Crippen molar-refractivity contribution in [2.24, 2.45) is 16.6 Å². The molecule has 1 atom stereocenters. The van der Waals surface area contributed by atoms with Crippen LogP contribution in [0.3, 0.4) is 0 Å². The van der Waals surface area contributed by atoms with Crippen molar-refractivity contribution in [1.82, 2.24) is 0 Å². The minimum Gasteiger partial charge on any atom is -0.473 e. The molecule has 86 valence electrons. The topological polar surface area (TPSA) is 88.5 Å². The van der Waals surface area contributed by atoms with Crippen LogP contribution < -0.4 is 5.73 Å². The molecule has 5 heteroatoms. The first kappa shape index (κ1) is 12.5. The summed E-state index contributed by atoms with van der Waals surface area (Å²) in [5.41, 5.74) is 6.54. The fourth-order valence-electron chi connectivity index (χ4n) is 1.27. The molecule has 0 aromatic carbocycles. The molecule has 0 aliphatic heterocycles. The van der Waals surface area contributed by atoms with Gasteiger partial charge in [-0.2, -0.15) is 5.26 Å². The van der Waals surface area contributed by atoms with Crippen molar-refractivity contribution in [2.45, 2.75) is 0 Å². The van der Waals surface area contributed by atoms with E-state index in [0.717, 1.165) is 0 Å². The third-order valence-electron chi connectivity index (χ3n) is 2.12. The third kappa shape index (κ3) is 3.20. The molecule has 0 radical (unpaired) electrons. The number of nitrogens with two attached hydrogens (primary N) is 1. The number of nitriles is 1. The van der Waals surface area contributed by atoms with Gasteiger partial charge in [0.2, 0.25) is 0 Å². The highest BCUT2D eigenvalue weighted by atomic mass is 16.5. The molecule has 1 aliphatic carbocycles. The van der Waals surface area contributed by atoms with Gasteiger partial charge in [0.05, 0.1) is 19.2 Å². The molecule has 0 saturated carbocycles. The second-order valence-electron chi connectivity index (χ2n) is 3.16. The molecule has 0 aromatic rings. The number of hydrogen-bond acceptors (Lipinski definition) is 5. The number of methoxy groups -OCH3 is 1. The zero-order valence-corrected chi connectivity index (χ0v) is 9.25. The van der Waals surface area contributed by atoms with Crippen LogP contribution in [0, 0.1) is 17.2 Å². The maximum absolute atomic E-state index is 10.7. The Morgan fingerprint density at radius 1 is 1.65 bits per heavy atom. The lowest BCUT2D eigenvalue weighted by atomic mass is 9.93. The van der Waals surface area contributed by atoms with Crippen molar-refractivity contribution < 1.29 is 9.53 Å². The fraction of sp³-hybridized carbons (Fsp3) is 0.167. The van der Waals surface area contributed by atoms with E-state index in [1.54, 1.807) is 30.4 Å². The summed E-state index contributed by atoms with van der Waals surface area (Å²) >= 11 is 0. The summed E-state index contributed by atoms with van der Waals surface area (Å²) in [4.78, 5) is 14.4. The van der Waals surface area contributed by atoms with E-state index in [2.05, 4.69) is 9.73 Å². The molecule has 0 bridgehead atoms. The van der Waals surface area contributed by atoms with E-state index in [1.807, 2.05) is 5.94 Å². The van der Waals surface area contributed by atoms with E-state index in [9.17, 15) is 4.79 Å². The molecule has 1 rings (SSSR count). The van der Waals surface area contributed by atoms with Crippen molar-refractivity contribution >= 4 is 11.8 Å². The van der Waals surface area contributed by atoms with E-state index in [-0.39, 0.29) is 11.8 Å². The van der Waals surface area contributed by atoms with E-state index >= 15 is 0 Å². The van der Waals surface area contributed by atoms with Gasteiger partial charge < -0.3 is 10.5 Å². The molecule has 5 nitrogen and oxygen atoms in total. The standard InChI is InChI=1S/C12H11N3O2/c1-17-12(6-13)15-7-11(14)10-5-3-2-4-9(10)8-16/h2-5,7,10H,14H2,1H3. The van der Waals surface area contributed by atoms with Gasteiger partial charge in [0.25, 0.3) is 5.90 Å². The van der Waals surface area contributed by atoms with E-state index < -0.39 is 0 Å². The summed E-state index contributed by atoms with van der Waals surface area (Å²) in [6.45, 7) is 0. The summed E-state index contributed by atoms with van der Waals surface area (Å²) in [7, 11) is 1.34. The number of nitrogens with zero attached hydrogens (tertiary/aromatic N) is 2. The van der Waals surface area contributed by atoms with Crippen LogP contribution in [0.4, 0.5) is 0 Å². The lowest BCUT2D eigenvalue weighted by Gasteiger charge is -2.13. The predicted octanol–water partition coefficient (Wildman–Crippen LogP) is 0.855. The van der Waals surface area contributed by atoms with Gasteiger partial charge in [-0.15, -0.1) is 0 Å². The van der Waals surface area contributed by atoms with Gasteiger partial charge in [-0.3, -0.25) is 0 Å². The monoisotopic (exact) mass is 229 g/mol. The summed E-state index contributed by atoms with van der Waals surface area (Å²) in [5.74, 6) is 1.35. The van der Waals surface area contributed by atoms with Gasteiger partial charge >= 0.3 is 0 Å². The quantitative estimate of drug-likeness (QED) is 0.432. The highest BCUT2D eigenvalue weighted by molar-refractivity contribution is 5.91.